The molecule has 0 spiro atoms. The summed E-state index contributed by atoms with van der Waals surface area (Å²) in [6.07, 6.45) is 7.45. The van der Waals surface area contributed by atoms with Crippen LogP contribution in [0.15, 0.2) is 29.2 Å². The SMILES string of the molecule is CC(=O)NC(CSc1ccc(C)cc1)C(=O)NC12CC3CC(CC(C3)C1)C2. The van der Waals surface area contributed by atoms with Gasteiger partial charge in [0, 0.05) is 23.1 Å². The van der Waals surface area contributed by atoms with Crippen molar-refractivity contribution in [2.45, 2.75) is 68.8 Å². The van der Waals surface area contributed by atoms with Gasteiger partial charge in [-0.15, -0.1) is 11.8 Å². The minimum Gasteiger partial charge on any atom is -0.349 e. The second kappa shape index (κ2) is 7.50. The maximum absolute atomic E-state index is 13.1. The van der Waals surface area contributed by atoms with Crippen molar-refractivity contribution in [3.05, 3.63) is 29.8 Å². The normalized spacial score (nSPS) is 32.1. The van der Waals surface area contributed by atoms with Gasteiger partial charge in [0.15, 0.2) is 0 Å². The number of hydrogen-bond acceptors (Lipinski definition) is 3. The van der Waals surface area contributed by atoms with Gasteiger partial charge in [-0.2, -0.15) is 0 Å². The summed E-state index contributed by atoms with van der Waals surface area (Å²) in [6, 6.07) is 7.81. The number of carbonyl (C=O) groups is 2. The van der Waals surface area contributed by atoms with Crippen LogP contribution in [0.3, 0.4) is 0 Å². The molecule has 2 amide bonds. The number of hydrogen-bond donors (Lipinski definition) is 2. The lowest BCUT2D eigenvalue weighted by atomic mass is 9.53. The van der Waals surface area contributed by atoms with Gasteiger partial charge in [-0.05, 0) is 75.3 Å². The molecule has 1 unspecified atom stereocenters. The standard InChI is InChI=1S/C22H30N2O2S/c1-14-3-5-19(6-4-14)27-13-20(23-15(2)25)21(26)24-22-10-16-7-17(11-22)9-18(8-16)12-22/h3-6,16-18,20H,7-13H2,1-2H3,(H,23,25)(H,24,26). The Balaban J connectivity index is 1.41. The molecule has 2 N–H and O–H groups in total. The van der Waals surface area contributed by atoms with E-state index in [1.54, 1.807) is 11.8 Å². The predicted octanol–water partition coefficient (Wildman–Crippen LogP) is 3.68. The molecule has 1 aromatic rings. The Morgan fingerprint density at radius 2 is 1.63 bits per heavy atom. The van der Waals surface area contributed by atoms with Crippen molar-refractivity contribution in [3.63, 3.8) is 0 Å². The second-order valence-electron chi connectivity index (χ2n) is 9.06. The summed E-state index contributed by atoms with van der Waals surface area (Å²) in [5.74, 6) is 2.77. The maximum atomic E-state index is 13.1. The maximum Gasteiger partial charge on any atom is 0.243 e. The molecular weight excluding hydrogens is 356 g/mol. The Morgan fingerprint density at radius 1 is 1.07 bits per heavy atom. The van der Waals surface area contributed by atoms with Crippen LogP contribution < -0.4 is 10.6 Å². The number of benzene rings is 1. The highest BCUT2D eigenvalue weighted by atomic mass is 32.2. The zero-order valence-corrected chi connectivity index (χ0v) is 17.1. The molecular formula is C22H30N2O2S. The predicted molar refractivity (Wildman–Crippen MR) is 109 cm³/mol. The molecule has 0 aliphatic heterocycles. The summed E-state index contributed by atoms with van der Waals surface area (Å²) in [4.78, 5) is 25.9. The molecule has 0 aromatic heterocycles. The van der Waals surface area contributed by atoms with Crippen LogP contribution in [0, 0.1) is 24.7 Å². The van der Waals surface area contributed by atoms with Crippen molar-refractivity contribution in [2.24, 2.45) is 17.8 Å². The van der Waals surface area contributed by atoms with E-state index in [4.69, 9.17) is 0 Å². The lowest BCUT2D eigenvalue weighted by Crippen LogP contribution is -2.63. The summed E-state index contributed by atoms with van der Waals surface area (Å²) in [6.45, 7) is 3.55. The second-order valence-corrected chi connectivity index (χ2v) is 10.2. The first-order valence-electron chi connectivity index (χ1n) is 10.2. The molecule has 5 rings (SSSR count). The monoisotopic (exact) mass is 386 g/mol. The Bertz CT molecular complexity index is 680. The Morgan fingerprint density at radius 3 is 2.15 bits per heavy atom. The van der Waals surface area contributed by atoms with Crippen molar-refractivity contribution in [1.82, 2.24) is 10.6 Å². The van der Waals surface area contributed by atoms with Crippen LogP contribution in [-0.4, -0.2) is 29.1 Å². The molecule has 1 aromatic carbocycles. The third kappa shape index (κ3) is 4.34. The van der Waals surface area contributed by atoms with Crippen molar-refractivity contribution in [2.75, 3.05) is 5.75 Å². The zero-order valence-electron chi connectivity index (χ0n) is 16.3. The van der Waals surface area contributed by atoms with Crippen molar-refractivity contribution in [1.29, 1.82) is 0 Å². The molecule has 5 heteroatoms. The van der Waals surface area contributed by atoms with Gasteiger partial charge in [0.1, 0.15) is 6.04 Å². The van der Waals surface area contributed by atoms with E-state index in [-0.39, 0.29) is 17.4 Å². The van der Waals surface area contributed by atoms with E-state index in [1.807, 2.05) is 0 Å². The smallest absolute Gasteiger partial charge is 0.243 e. The molecule has 1 atom stereocenters. The quantitative estimate of drug-likeness (QED) is 0.734. The molecule has 4 saturated carbocycles. The van der Waals surface area contributed by atoms with Gasteiger partial charge in [0.05, 0.1) is 0 Å². The van der Waals surface area contributed by atoms with Gasteiger partial charge in [0.2, 0.25) is 11.8 Å². The minimum absolute atomic E-state index is 0.00763. The molecule has 4 bridgehead atoms. The van der Waals surface area contributed by atoms with E-state index in [0.29, 0.717) is 5.75 Å². The highest BCUT2D eigenvalue weighted by Crippen LogP contribution is 2.55. The number of nitrogens with one attached hydrogen (secondary N) is 2. The molecule has 0 saturated heterocycles. The van der Waals surface area contributed by atoms with Gasteiger partial charge in [0.25, 0.3) is 0 Å². The molecule has 4 nitrogen and oxygen atoms in total. The first-order chi connectivity index (χ1) is 12.9. The summed E-state index contributed by atoms with van der Waals surface area (Å²) in [7, 11) is 0. The van der Waals surface area contributed by atoms with Crippen LogP contribution in [0.1, 0.15) is 51.0 Å². The average molecular weight is 387 g/mol. The summed E-state index contributed by atoms with van der Waals surface area (Å²) >= 11 is 1.62. The zero-order chi connectivity index (χ0) is 19.0. The Labute approximate surface area is 166 Å². The Hall–Kier alpha value is -1.49. The van der Waals surface area contributed by atoms with Gasteiger partial charge in [-0.1, -0.05) is 17.7 Å². The molecule has 146 valence electrons. The lowest BCUT2D eigenvalue weighted by molar-refractivity contribution is -0.131. The van der Waals surface area contributed by atoms with Gasteiger partial charge in [-0.3, -0.25) is 9.59 Å². The van der Waals surface area contributed by atoms with Crippen molar-refractivity contribution in [3.8, 4) is 0 Å². The number of carbonyl (C=O) groups excluding carboxylic acids is 2. The van der Waals surface area contributed by atoms with Crippen LogP contribution >= 0.6 is 11.8 Å². The molecule has 4 aliphatic rings. The van der Waals surface area contributed by atoms with Gasteiger partial charge in [-0.25, -0.2) is 0 Å². The molecule has 4 fully saturated rings. The number of thioether (sulfide) groups is 1. The fraction of sp³-hybridized carbons (Fsp3) is 0.636. The third-order valence-corrected chi connectivity index (χ3v) is 7.66. The van der Waals surface area contributed by atoms with E-state index in [0.717, 1.165) is 41.9 Å². The van der Waals surface area contributed by atoms with Crippen molar-refractivity contribution < 1.29 is 9.59 Å². The minimum atomic E-state index is -0.484. The fourth-order valence-electron chi connectivity index (χ4n) is 5.85. The largest absolute Gasteiger partial charge is 0.349 e. The summed E-state index contributed by atoms with van der Waals surface area (Å²) in [5, 5.41) is 6.28. The molecule has 27 heavy (non-hydrogen) atoms. The Kier molecular flexibility index (Phi) is 5.23. The average Bonchev–Trinajstić information content (AvgIpc) is 2.58. The van der Waals surface area contributed by atoms with Crippen LogP contribution in [0.25, 0.3) is 0 Å². The van der Waals surface area contributed by atoms with Gasteiger partial charge >= 0.3 is 0 Å². The number of rotatable bonds is 6. The van der Waals surface area contributed by atoms with Crippen molar-refractivity contribution >= 4 is 23.6 Å². The third-order valence-electron chi connectivity index (χ3n) is 6.56. The first-order valence-corrected chi connectivity index (χ1v) is 11.2. The van der Waals surface area contributed by atoms with E-state index < -0.39 is 6.04 Å². The van der Waals surface area contributed by atoms with Gasteiger partial charge < -0.3 is 10.6 Å². The molecule has 4 aliphatic carbocycles. The van der Waals surface area contributed by atoms with Crippen LogP contribution in [0.4, 0.5) is 0 Å². The molecule has 0 radical (unpaired) electrons. The van der Waals surface area contributed by atoms with Crippen LogP contribution in [0.5, 0.6) is 0 Å². The van der Waals surface area contributed by atoms with E-state index in [9.17, 15) is 9.59 Å². The fourth-order valence-corrected chi connectivity index (χ4v) is 6.78. The number of amides is 2. The van der Waals surface area contributed by atoms with E-state index >= 15 is 0 Å². The molecule has 0 heterocycles. The highest BCUT2D eigenvalue weighted by molar-refractivity contribution is 7.99. The highest BCUT2D eigenvalue weighted by Gasteiger charge is 2.51. The van der Waals surface area contributed by atoms with Crippen LogP contribution in [-0.2, 0) is 9.59 Å². The topological polar surface area (TPSA) is 58.2 Å². The van der Waals surface area contributed by atoms with E-state index in [2.05, 4.69) is 41.8 Å². The van der Waals surface area contributed by atoms with Crippen LogP contribution in [0.2, 0.25) is 0 Å². The summed E-state index contributed by atoms with van der Waals surface area (Å²) in [5.41, 5.74) is 1.20. The lowest BCUT2D eigenvalue weighted by Gasteiger charge is -2.57. The number of aryl methyl sites for hydroxylation is 1. The summed E-state index contributed by atoms with van der Waals surface area (Å²) < 4.78 is 0. The van der Waals surface area contributed by atoms with E-state index in [1.165, 1.54) is 31.7 Å². The first kappa shape index (κ1) is 18.9.